The van der Waals surface area contributed by atoms with Gasteiger partial charge in [-0.15, -0.1) is 0 Å². The van der Waals surface area contributed by atoms with Gasteiger partial charge in [0.2, 0.25) is 0 Å². The molecule has 0 aliphatic rings. The molecule has 0 aliphatic heterocycles. The molecule has 0 spiro atoms. The summed E-state index contributed by atoms with van der Waals surface area (Å²) in [7, 11) is 1.24. The third kappa shape index (κ3) is 3.16. The molecular weight excluding hydrogens is 202 g/mol. The molecule has 1 aromatic carbocycles. The summed E-state index contributed by atoms with van der Waals surface area (Å²) >= 11 is 0. The number of ether oxygens (including phenoxy) is 1. The molecule has 0 unspecified atom stereocenters. The van der Waals surface area contributed by atoms with Gasteiger partial charge in [-0.3, -0.25) is 0 Å². The van der Waals surface area contributed by atoms with Gasteiger partial charge < -0.3 is 4.74 Å². The van der Waals surface area contributed by atoms with Crippen molar-refractivity contribution in [2.75, 3.05) is 7.11 Å². The predicted molar refractivity (Wildman–Crippen MR) is 52.0 cm³/mol. The monoisotopic (exact) mass is 212 g/mol. The van der Waals surface area contributed by atoms with Crippen molar-refractivity contribution in [3.05, 3.63) is 41.0 Å². The van der Waals surface area contributed by atoms with Gasteiger partial charge in [0.05, 0.1) is 7.11 Å². The topological polar surface area (TPSA) is 26.3 Å². The lowest BCUT2D eigenvalue weighted by atomic mass is 10.1. The molecule has 0 saturated carbocycles. The van der Waals surface area contributed by atoms with Crippen molar-refractivity contribution < 1.29 is 18.3 Å². The minimum Gasteiger partial charge on any atom is -0.466 e. The Morgan fingerprint density at radius 3 is 2.27 bits per heavy atom. The van der Waals surface area contributed by atoms with Crippen LogP contribution < -0.4 is 0 Å². The van der Waals surface area contributed by atoms with Crippen LogP contribution in [-0.2, 0) is 9.53 Å². The van der Waals surface area contributed by atoms with Gasteiger partial charge in [0.15, 0.2) is 0 Å². The Labute approximate surface area is 86.2 Å². The Hall–Kier alpha value is -1.71. The van der Waals surface area contributed by atoms with E-state index in [1.807, 2.05) is 0 Å². The lowest BCUT2D eigenvalue weighted by Gasteiger charge is -1.99. The maximum atomic E-state index is 12.8. The van der Waals surface area contributed by atoms with Crippen LogP contribution in [0.4, 0.5) is 8.78 Å². The molecule has 0 amide bonds. The molecule has 4 heteroatoms. The van der Waals surface area contributed by atoms with Crippen molar-refractivity contribution in [1.29, 1.82) is 0 Å². The summed E-state index contributed by atoms with van der Waals surface area (Å²) in [5.74, 6) is -1.89. The number of carbonyl (C=O) groups is 1. The summed E-state index contributed by atoms with van der Waals surface area (Å²) in [5, 5.41) is 0. The Morgan fingerprint density at radius 1 is 1.27 bits per heavy atom. The Balaban J connectivity index is 3.02. The molecule has 0 saturated heterocycles. The number of benzene rings is 1. The molecule has 0 N–H and O–H groups in total. The normalized spacial score (nSPS) is 11.3. The first-order chi connectivity index (χ1) is 7.02. The summed E-state index contributed by atoms with van der Waals surface area (Å²) in [5.41, 5.74) is 0.568. The van der Waals surface area contributed by atoms with Gasteiger partial charge in [0.25, 0.3) is 0 Å². The van der Waals surface area contributed by atoms with Crippen molar-refractivity contribution in [1.82, 2.24) is 0 Å². The maximum absolute atomic E-state index is 12.8. The van der Waals surface area contributed by atoms with E-state index in [0.29, 0.717) is 0 Å². The standard InChI is InChI=1S/C11H10F2O2/c1-7(11(14)15-2)3-8-4-9(12)6-10(13)5-8/h3-6H,1-2H3/b7-3+. The highest BCUT2D eigenvalue weighted by atomic mass is 19.1. The van der Waals surface area contributed by atoms with Gasteiger partial charge in [0, 0.05) is 11.6 Å². The molecule has 1 rings (SSSR count). The van der Waals surface area contributed by atoms with Crippen LogP contribution in [-0.4, -0.2) is 13.1 Å². The van der Waals surface area contributed by atoms with Crippen molar-refractivity contribution in [2.24, 2.45) is 0 Å². The van der Waals surface area contributed by atoms with Gasteiger partial charge in [-0.1, -0.05) is 0 Å². The SMILES string of the molecule is COC(=O)/C(C)=C/c1cc(F)cc(F)c1. The van der Waals surface area contributed by atoms with Crippen LogP contribution in [0.1, 0.15) is 12.5 Å². The molecule has 1 aromatic rings. The van der Waals surface area contributed by atoms with Gasteiger partial charge in [0.1, 0.15) is 11.6 Å². The molecule has 0 aliphatic carbocycles. The van der Waals surface area contributed by atoms with Crippen LogP contribution in [0.3, 0.4) is 0 Å². The highest BCUT2D eigenvalue weighted by Crippen LogP contribution is 2.12. The van der Waals surface area contributed by atoms with E-state index in [1.165, 1.54) is 20.1 Å². The first-order valence-electron chi connectivity index (χ1n) is 4.25. The molecule has 0 atom stereocenters. The van der Waals surface area contributed by atoms with Crippen LogP contribution in [0.2, 0.25) is 0 Å². The molecular formula is C11H10F2O2. The maximum Gasteiger partial charge on any atom is 0.333 e. The summed E-state index contributed by atoms with van der Waals surface area (Å²) < 4.78 is 30.0. The first kappa shape index (κ1) is 11.4. The Kier molecular flexibility index (Phi) is 3.55. The molecule has 15 heavy (non-hydrogen) atoms. The quantitative estimate of drug-likeness (QED) is 0.556. The van der Waals surface area contributed by atoms with Gasteiger partial charge in [-0.05, 0) is 30.7 Å². The fourth-order valence-electron chi connectivity index (χ4n) is 1.13. The van der Waals surface area contributed by atoms with Crippen LogP contribution in [0.5, 0.6) is 0 Å². The average molecular weight is 212 g/mol. The van der Waals surface area contributed by atoms with Crippen LogP contribution >= 0.6 is 0 Å². The summed E-state index contributed by atoms with van der Waals surface area (Å²) in [4.78, 5) is 11.0. The molecule has 0 aromatic heterocycles. The van der Waals surface area contributed by atoms with Gasteiger partial charge >= 0.3 is 5.97 Å². The number of hydrogen-bond acceptors (Lipinski definition) is 2. The number of hydrogen-bond donors (Lipinski definition) is 0. The molecule has 80 valence electrons. The fraction of sp³-hybridized carbons (Fsp3) is 0.182. The van der Waals surface area contributed by atoms with Crippen LogP contribution in [0.25, 0.3) is 6.08 Å². The van der Waals surface area contributed by atoms with Crippen molar-refractivity contribution >= 4 is 12.0 Å². The molecule has 0 radical (unpaired) electrons. The summed E-state index contributed by atoms with van der Waals surface area (Å²) in [6, 6.07) is 3.04. The van der Waals surface area contributed by atoms with E-state index in [4.69, 9.17) is 0 Å². The van der Waals surface area contributed by atoms with Crippen molar-refractivity contribution in [3.63, 3.8) is 0 Å². The second-order valence-electron chi connectivity index (χ2n) is 3.02. The molecule has 0 fully saturated rings. The van der Waals surface area contributed by atoms with E-state index in [0.717, 1.165) is 18.2 Å². The van der Waals surface area contributed by atoms with Crippen molar-refractivity contribution in [2.45, 2.75) is 6.92 Å². The second-order valence-corrected chi connectivity index (χ2v) is 3.02. The first-order valence-corrected chi connectivity index (χ1v) is 4.25. The third-order valence-corrected chi connectivity index (χ3v) is 1.78. The second kappa shape index (κ2) is 4.68. The number of halogens is 2. The zero-order valence-corrected chi connectivity index (χ0v) is 8.38. The van der Waals surface area contributed by atoms with E-state index >= 15 is 0 Å². The Morgan fingerprint density at radius 2 is 1.80 bits per heavy atom. The highest BCUT2D eigenvalue weighted by Gasteiger charge is 2.04. The zero-order valence-electron chi connectivity index (χ0n) is 8.38. The highest BCUT2D eigenvalue weighted by molar-refractivity contribution is 5.92. The average Bonchev–Trinajstić information content (AvgIpc) is 2.14. The zero-order chi connectivity index (χ0) is 11.4. The van der Waals surface area contributed by atoms with Crippen LogP contribution in [0, 0.1) is 11.6 Å². The largest absolute Gasteiger partial charge is 0.466 e. The minimum atomic E-state index is -0.682. The molecule has 0 bridgehead atoms. The molecule has 2 nitrogen and oxygen atoms in total. The Bertz CT molecular complexity index is 391. The molecule has 0 heterocycles. The van der Waals surface area contributed by atoms with E-state index < -0.39 is 17.6 Å². The lowest BCUT2D eigenvalue weighted by Crippen LogP contribution is -2.01. The fourth-order valence-corrected chi connectivity index (χ4v) is 1.13. The van der Waals surface area contributed by atoms with E-state index in [1.54, 1.807) is 0 Å². The minimum absolute atomic E-state index is 0.280. The summed E-state index contributed by atoms with van der Waals surface area (Å²) in [6.07, 6.45) is 1.36. The van der Waals surface area contributed by atoms with E-state index in [2.05, 4.69) is 4.74 Å². The van der Waals surface area contributed by atoms with Crippen LogP contribution in [0.15, 0.2) is 23.8 Å². The smallest absolute Gasteiger partial charge is 0.333 e. The number of rotatable bonds is 2. The third-order valence-electron chi connectivity index (χ3n) is 1.78. The van der Waals surface area contributed by atoms with E-state index in [9.17, 15) is 13.6 Å². The summed E-state index contributed by atoms with van der Waals surface area (Å²) in [6.45, 7) is 1.51. The van der Waals surface area contributed by atoms with E-state index in [-0.39, 0.29) is 11.1 Å². The van der Waals surface area contributed by atoms with Gasteiger partial charge in [-0.2, -0.15) is 0 Å². The lowest BCUT2D eigenvalue weighted by molar-refractivity contribution is -0.135. The predicted octanol–water partition coefficient (Wildman–Crippen LogP) is 2.54. The number of esters is 1. The van der Waals surface area contributed by atoms with Crippen molar-refractivity contribution in [3.8, 4) is 0 Å². The number of methoxy groups -OCH3 is 1. The number of carbonyl (C=O) groups excluding carboxylic acids is 1. The van der Waals surface area contributed by atoms with Gasteiger partial charge in [-0.25, -0.2) is 13.6 Å².